The molecule has 0 bridgehead atoms. The molecule has 0 fully saturated rings. The van der Waals surface area contributed by atoms with Gasteiger partial charge < -0.3 is 0 Å². The Morgan fingerprint density at radius 3 is 2.86 bits per heavy atom. The van der Waals surface area contributed by atoms with E-state index in [0.29, 0.717) is 0 Å². The fourth-order valence-corrected chi connectivity index (χ4v) is 1.81. The van der Waals surface area contributed by atoms with Gasteiger partial charge in [0.2, 0.25) is 0 Å². The zero-order valence-corrected chi connectivity index (χ0v) is 7.40. The monoisotopic (exact) mass is 181 g/mol. The van der Waals surface area contributed by atoms with Crippen LogP contribution in [0.15, 0.2) is 41.4 Å². The maximum atomic E-state index is 11.0. The topological polar surface area (TPSA) is 29.4 Å². The van der Waals surface area contributed by atoms with E-state index in [9.17, 15) is 4.79 Å². The summed E-state index contributed by atoms with van der Waals surface area (Å²) in [5, 5.41) is 2.30. The van der Waals surface area contributed by atoms with Crippen molar-refractivity contribution < 1.29 is 4.79 Å². The first-order valence-corrected chi connectivity index (χ1v) is 4.47. The summed E-state index contributed by atoms with van der Waals surface area (Å²) in [5.74, 6) is -0.173. The highest BCUT2D eigenvalue weighted by Gasteiger charge is 2.14. The molecule has 1 aliphatic carbocycles. The van der Waals surface area contributed by atoms with Crippen LogP contribution in [0.4, 0.5) is 0 Å². The SMILES string of the molecule is O=C1C=CC2=c3ccccc3=CC2=N1. The van der Waals surface area contributed by atoms with Gasteiger partial charge in [-0.3, -0.25) is 4.79 Å². The largest absolute Gasteiger partial charge is 0.270 e. The van der Waals surface area contributed by atoms with E-state index in [1.165, 1.54) is 6.08 Å². The molecular weight excluding hydrogens is 174 g/mol. The zero-order chi connectivity index (χ0) is 9.54. The Morgan fingerprint density at radius 2 is 1.93 bits per heavy atom. The fourth-order valence-electron chi connectivity index (χ4n) is 1.81. The van der Waals surface area contributed by atoms with E-state index >= 15 is 0 Å². The van der Waals surface area contributed by atoms with E-state index in [4.69, 9.17) is 0 Å². The molecule has 1 amide bonds. The number of hydrogen-bond donors (Lipinski definition) is 0. The van der Waals surface area contributed by atoms with Crippen LogP contribution < -0.4 is 10.4 Å². The summed E-state index contributed by atoms with van der Waals surface area (Å²) in [6.45, 7) is 0. The number of allylic oxidation sites excluding steroid dienone is 1. The summed E-state index contributed by atoms with van der Waals surface area (Å²) in [7, 11) is 0. The second-order valence-corrected chi connectivity index (χ2v) is 3.31. The van der Waals surface area contributed by atoms with Crippen LogP contribution in [0.3, 0.4) is 0 Å². The molecule has 0 aromatic heterocycles. The molecule has 2 nitrogen and oxygen atoms in total. The van der Waals surface area contributed by atoms with Crippen molar-refractivity contribution in [1.29, 1.82) is 0 Å². The molecule has 66 valence electrons. The van der Waals surface area contributed by atoms with E-state index in [1.54, 1.807) is 0 Å². The summed E-state index contributed by atoms with van der Waals surface area (Å²) >= 11 is 0. The number of dihydropyridines is 1. The number of rotatable bonds is 0. The lowest BCUT2D eigenvalue weighted by Crippen LogP contribution is -2.21. The van der Waals surface area contributed by atoms with Gasteiger partial charge in [-0.1, -0.05) is 24.3 Å². The molecule has 0 saturated heterocycles. The van der Waals surface area contributed by atoms with Gasteiger partial charge in [-0.05, 0) is 22.6 Å². The van der Waals surface area contributed by atoms with Gasteiger partial charge >= 0.3 is 0 Å². The molecule has 3 rings (SSSR count). The van der Waals surface area contributed by atoms with Crippen molar-refractivity contribution >= 4 is 23.3 Å². The summed E-state index contributed by atoms with van der Waals surface area (Å²) in [4.78, 5) is 15.0. The minimum absolute atomic E-state index is 0.173. The van der Waals surface area contributed by atoms with Crippen molar-refractivity contribution in [2.75, 3.05) is 0 Å². The number of nitrogens with zero attached hydrogens (tertiary/aromatic N) is 1. The van der Waals surface area contributed by atoms with Gasteiger partial charge in [-0.2, -0.15) is 0 Å². The quantitative estimate of drug-likeness (QED) is 0.561. The van der Waals surface area contributed by atoms with Crippen molar-refractivity contribution in [3.05, 3.63) is 46.9 Å². The number of amides is 1. The first-order chi connectivity index (χ1) is 6.84. The molecule has 1 aromatic rings. The van der Waals surface area contributed by atoms with Gasteiger partial charge in [0.25, 0.3) is 5.91 Å². The molecule has 14 heavy (non-hydrogen) atoms. The number of fused-ring (bicyclic) bond motifs is 2. The Bertz CT molecular complexity index is 605. The zero-order valence-electron chi connectivity index (χ0n) is 7.40. The van der Waals surface area contributed by atoms with Crippen molar-refractivity contribution in [3.8, 4) is 0 Å². The third-order valence-electron chi connectivity index (χ3n) is 2.44. The van der Waals surface area contributed by atoms with E-state index in [2.05, 4.69) is 4.99 Å². The lowest BCUT2D eigenvalue weighted by atomic mass is 10.1. The van der Waals surface area contributed by atoms with Crippen LogP contribution in [0.1, 0.15) is 0 Å². The van der Waals surface area contributed by atoms with Gasteiger partial charge in [-0.25, -0.2) is 4.99 Å². The average Bonchev–Trinajstić information content (AvgIpc) is 2.54. The van der Waals surface area contributed by atoms with Crippen molar-refractivity contribution in [3.63, 3.8) is 0 Å². The average molecular weight is 181 g/mol. The number of aliphatic imine (C=N–C) groups is 1. The molecule has 2 heteroatoms. The standard InChI is InChI=1S/C12H7NO/c14-12-6-5-10-9-4-2-1-3-8(9)7-11(10)13-12/h1-7H. The van der Waals surface area contributed by atoms with Crippen LogP contribution in [-0.4, -0.2) is 11.6 Å². The molecule has 1 aliphatic heterocycles. The maximum absolute atomic E-state index is 11.0. The Morgan fingerprint density at radius 1 is 1.07 bits per heavy atom. The van der Waals surface area contributed by atoms with Crippen LogP contribution in [-0.2, 0) is 4.79 Å². The summed E-state index contributed by atoms with van der Waals surface area (Å²) in [6, 6.07) is 8.05. The number of benzene rings is 1. The highest BCUT2D eigenvalue weighted by molar-refractivity contribution is 6.41. The van der Waals surface area contributed by atoms with Crippen molar-refractivity contribution in [2.24, 2.45) is 4.99 Å². The van der Waals surface area contributed by atoms with Gasteiger partial charge in [0.05, 0.1) is 5.71 Å². The third-order valence-corrected chi connectivity index (χ3v) is 2.44. The maximum Gasteiger partial charge on any atom is 0.270 e. The smallest absolute Gasteiger partial charge is 0.267 e. The Kier molecular flexibility index (Phi) is 1.34. The molecule has 0 radical (unpaired) electrons. The predicted molar refractivity (Wildman–Crippen MR) is 55.1 cm³/mol. The van der Waals surface area contributed by atoms with Gasteiger partial charge in [0.1, 0.15) is 0 Å². The highest BCUT2D eigenvalue weighted by atomic mass is 16.1. The van der Waals surface area contributed by atoms with Crippen molar-refractivity contribution in [1.82, 2.24) is 0 Å². The minimum Gasteiger partial charge on any atom is -0.267 e. The van der Waals surface area contributed by atoms with Gasteiger partial charge in [0.15, 0.2) is 0 Å². The summed E-state index contributed by atoms with van der Waals surface area (Å²) < 4.78 is 0. The van der Waals surface area contributed by atoms with Crippen LogP contribution in [0.25, 0.3) is 11.6 Å². The van der Waals surface area contributed by atoms with E-state index < -0.39 is 0 Å². The molecule has 1 heterocycles. The molecule has 0 N–H and O–H groups in total. The number of carbonyl (C=O) groups excluding carboxylic acids is 1. The Balaban J connectivity index is 2.45. The minimum atomic E-state index is -0.173. The number of carbonyl (C=O) groups is 1. The van der Waals surface area contributed by atoms with E-state index in [-0.39, 0.29) is 5.91 Å². The molecule has 2 aliphatic rings. The second kappa shape index (κ2) is 2.51. The lowest BCUT2D eigenvalue weighted by Gasteiger charge is -2.01. The van der Waals surface area contributed by atoms with E-state index in [0.717, 1.165) is 21.7 Å². The normalized spacial score (nSPS) is 17.3. The molecule has 0 saturated carbocycles. The van der Waals surface area contributed by atoms with Crippen molar-refractivity contribution in [2.45, 2.75) is 0 Å². The van der Waals surface area contributed by atoms with Crippen LogP contribution in [0.5, 0.6) is 0 Å². The Hall–Kier alpha value is -1.96. The van der Waals surface area contributed by atoms with Gasteiger partial charge in [-0.15, -0.1) is 0 Å². The number of hydrogen-bond acceptors (Lipinski definition) is 1. The predicted octanol–water partition coefficient (Wildman–Crippen LogP) is 0.169. The molecular formula is C12H7NO. The molecule has 0 spiro atoms. The first kappa shape index (κ1) is 7.44. The lowest BCUT2D eigenvalue weighted by molar-refractivity contribution is -0.113. The highest BCUT2D eigenvalue weighted by Crippen LogP contribution is 2.10. The van der Waals surface area contributed by atoms with Gasteiger partial charge in [0, 0.05) is 11.6 Å². The summed E-state index contributed by atoms with van der Waals surface area (Å²) in [5.41, 5.74) is 1.85. The molecule has 0 atom stereocenters. The second-order valence-electron chi connectivity index (χ2n) is 3.31. The fraction of sp³-hybridized carbons (Fsp3) is 0. The molecule has 1 aromatic carbocycles. The van der Waals surface area contributed by atoms with Crippen LogP contribution in [0.2, 0.25) is 0 Å². The summed E-state index contributed by atoms with van der Waals surface area (Å²) in [6.07, 6.45) is 5.30. The Labute approximate surface area is 80.6 Å². The third kappa shape index (κ3) is 0.909. The van der Waals surface area contributed by atoms with E-state index in [1.807, 2.05) is 36.4 Å². The van der Waals surface area contributed by atoms with Crippen LogP contribution >= 0.6 is 0 Å². The molecule has 0 unspecified atom stereocenters. The van der Waals surface area contributed by atoms with Crippen LogP contribution in [0, 0.1) is 0 Å². The first-order valence-electron chi connectivity index (χ1n) is 4.47.